The van der Waals surface area contributed by atoms with Gasteiger partial charge in [0.1, 0.15) is 0 Å². The second-order valence-corrected chi connectivity index (χ2v) is 9.62. The number of hydrogen-bond donors (Lipinski definition) is 0. The second kappa shape index (κ2) is 5.73. The Kier molecular flexibility index (Phi) is 2.88. The lowest BCUT2D eigenvalue weighted by molar-refractivity contribution is 1.79. The predicted octanol–water partition coefficient (Wildman–Crippen LogP) is 9.79. The first kappa shape index (κ1) is 17.1. The van der Waals surface area contributed by atoms with Gasteiger partial charge < -0.3 is 0 Å². The van der Waals surface area contributed by atoms with E-state index in [0.29, 0.717) is 0 Å². The largest absolute Gasteiger partial charge is 0.0616 e. The molecule has 0 bridgehead atoms. The van der Waals surface area contributed by atoms with Crippen LogP contribution in [0.2, 0.25) is 0 Å². The van der Waals surface area contributed by atoms with Gasteiger partial charge in [0, 0.05) is 0 Å². The van der Waals surface area contributed by atoms with E-state index < -0.39 is 0 Å². The van der Waals surface area contributed by atoms with E-state index >= 15 is 0 Å². The molecule has 0 nitrogen and oxygen atoms in total. The number of benzene rings is 9. The average Bonchev–Trinajstić information content (AvgIpc) is 2.90. The van der Waals surface area contributed by atoms with Gasteiger partial charge in [0.15, 0.2) is 0 Å². The maximum Gasteiger partial charge on any atom is -0.000762 e. The van der Waals surface area contributed by atoms with Crippen molar-refractivity contribution in [3.05, 3.63) is 109 Å². The summed E-state index contributed by atoms with van der Waals surface area (Å²) in [5.41, 5.74) is 0. The molecule has 0 heteroatoms. The fourth-order valence-electron chi connectivity index (χ4n) is 6.86. The lowest BCUT2D eigenvalue weighted by Gasteiger charge is -2.21. The quantitative estimate of drug-likeness (QED) is 0.167. The van der Waals surface area contributed by atoms with Gasteiger partial charge in [-0.3, -0.25) is 0 Å². The van der Waals surface area contributed by atoms with Crippen molar-refractivity contribution in [1.29, 1.82) is 0 Å². The second-order valence-electron chi connectivity index (χ2n) is 9.62. The van der Waals surface area contributed by atoms with Crippen molar-refractivity contribution >= 4 is 86.2 Å². The van der Waals surface area contributed by atoms with Crippen LogP contribution in [0.5, 0.6) is 0 Å². The Bertz CT molecular complexity index is 2250. The van der Waals surface area contributed by atoms with Crippen molar-refractivity contribution in [2.75, 3.05) is 0 Å². The molecule has 154 valence electrons. The molecule has 9 aromatic carbocycles. The Labute approximate surface area is 195 Å². The van der Waals surface area contributed by atoms with Crippen LogP contribution >= 0.6 is 0 Å². The fraction of sp³-hybridized carbons (Fsp3) is 0. The molecule has 0 amide bonds. The zero-order valence-corrected chi connectivity index (χ0v) is 18.4. The molecule has 0 saturated heterocycles. The van der Waals surface area contributed by atoms with E-state index in [0.717, 1.165) is 0 Å². The zero-order valence-electron chi connectivity index (χ0n) is 18.4. The third-order valence-corrected chi connectivity index (χ3v) is 8.10. The van der Waals surface area contributed by atoms with Gasteiger partial charge in [-0.05, 0) is 86.2 Å². The molecule has 0 atom stereocenters. The van der Waals surface area contributed by atoms with Crippen molar-refractivity contribution in [1.82, 2.24) is 0 Å². The van der Waals surface area contributed by atoms with Gasteiger partial charge in [-0.2, -0.15) is 0 Å². The van der Waals surface area contributed by atoms with E-state index in [-0.39, 0.29) is 0 Å². The van der Waals surface area contributed by atoms with Crippen molar-refractivity contribution in [2.45, 2.75) is 0 Å². The van der Waals surface area contributed by atoms with Crippen LogP contribution in [0.15, 0.2) is 109 Å². The summed E-state index contributed by atoms with van der Waals surface area (Å²) in [6.45, 7) is 0. The van der Waals surface area contributed by atoms with Gasteiger partial charge in [0.2, 0.25) is 0 Å². The minimum absolute atomic E-state index is 1.31. The molecule has 0 heterocycles. The van der Waals surface area contributed by atoms with Crippen LogP contribution < -0.4 is 0 Å². The first-order valence-corrected chi connectivity index (χ1v) is 12.0. The van der Waals surface area contributed by atoms with Crippen LogP contribution in [0, 0.1) is 0 Å². The number of hydrogen-bond acceptors (Lipinski definition) is 0. The normalized spacial score (nSPS) is 12.7. The minimum Gasteiger partial charge on any atom is -0.0616 e. The highest BCUT2D eigenvalue weighted by Crippen LogP contribution is 2.50. The Hall–Kier alpha value is -4.42. The lowest BCUT2D eigenvalue weighted by atomic mass is 9.81. The van der Waals surface area contributed by atoms with Gasteiger partial charge >= 0.3 is 0 Å². The van der Waals surface area contributed by atoms with E-state index in [9.17, 15) is 0 Å². The van der Waals surface area contributed by atoms with Gasteiger partial charge in [0.05, 0.1) is 0 Å². The van der Waals surface area contributed by atoms with Crippen LogP contribution in [0.4, 0.5) is 0 Å². The molecule has 0 aliphatic carbocycles. The molecule has 0 aliphatic rings. The molecule has 0 aromatic heterocycles. The van der Waals surface area contributed by atoms with Crippen LogP contribution in [0.3, 0.4) is 0 Å². The Balaban J connectivity index is 1.79. The summed E-state index contributed by atoms with van der Waals surface area (Å²) in [4.78, 5) is 0. The van der Waals surface area contributed by atoms with Gasteiger partial charge in [-0.15, -0.1) is 0 Å². The molecule has 0 N–H and O–H groups in total. The van der Waals surface area contributed by atoms with Crippen LogP contribution in [-0.2, 0) is 0 Å². The zero-order chi connectivity index (χ0) is 22.0. The topological polar surface area (TPSA) is 0 Å². The summed E-state index contributed by atoms with van der Waals surface area (Å²) >= 11 is 0. The van der Waals surface area contributed by atoms with Crippen molar-refractivity contribution in [2.24, 2.45) is 0 Å². The van der Waals surface area contributed by atoms with Crippen LogP contribution in [0.25, 0.3) is 86.2 Å². The van der Waals surface area contributed by atoms with E-state index in [2.05, 4.69) is 109 Å². The van der Waals surface area contributed by atoms with E-state index in [1.807, 2.05) is 0 Å². The molecular weight excluding hydrogens is 408 g/mol. The van der Waals surface area contributed by atoms with Gasteiger partial charge in [0.25, 0.3) is 0 Å². The first-order chi connectivity index (χ1) is 16.9. The molecule has 0 radical (unpaired) electrons. The number of rotatable bonds is 0. The average molecular weight is 427 g/mol. The van der Waals surface area contributed by atoms with Crippen molar-refractivity contribution in [3.63, 3.8) is 0 Å². The molecule has 0 aliphatic heterocycles. The summed E-state index contributed by atoms with van der Waals surface area (Å²) in [7, 11) is 0. The van der Waals surface area contributed by atoms with Crippen molar-refractivity contribution < 1.29 is 0 Å². The molecule has 34 heavy (non-hydrogen) atoms. The summed E-state index contributed by atoms with van der Waals surface area (Å²) in [5.74, 6) is 0. The summed E-state index contributed by atoms with van der Waals surface area (Å²) in [6.07, 6.45) is 0. The van der Waals surface area contributed by atoms with E-state index in [1.54, 1.807) is 0 Å². The summed E-state index contributed by atoms with van der Waals surface area (Å²) in [6, 6.07) is 40.9. The van der Waals surface area contributed by atoms with Crippen LogP contribution in [-0.4, -0.2) is 0 Å². The molecule has 0 saturated carbocycles. The molecule has 9 rings (SSSR count). The Morgan fingerprint density at radius 3 is 1.38 bits per heavy atom. The molecule has 0 spiro atoms. The van der Waals surface area contributed by atoms with Gasteiger partial charge in [-0.25, -0.2) is 0 Å². The fourth-order valence-corrected chi connectivity index (χ4v) is 6.86. The van der Waals surface area contributed by atoms with E-state index in [1.165, 1.54) is 86.2 Å². The highest BCUT2D eigenvalue weighted by Gasteiger charge is 2.21. The highest BCUT2D eigenvalue weighted by atomic mass is 14.2. The maximum absolute atomic E-state index is 2.37. The minimum atomic E-state index is 1.31. The summed E-state index contributed by atoms with van der Waals surface area (Å²) < 4.78 is 0. The molecule has 0 unspecified atom stereocenters. The smallest absolute Gasteiger partial charge is 0.000762 e. The first-order valence-electron chi connectivity index (χ1n) is 12.0. The third kappa shape index (κ3) is 1.82. The molecular formula is C34H18. The predicted molar refractivity (Wildman–Crippen MR) is 149 cm³/mol. The van der Waals surface area contributed by atoms with Gasteiger partial charge in [-0.1, -0.05) is 109 Å². The Morgan fingerprint density at radius 2 is 0.618 bits per heavy atom. The highest BCUT2D eigenvalue weighted by molar-refractivity contribution is 6.48. The lowest BCUT2D eigenvalue weighted by Crippen LogP contribution is -1.92. The molecule has 0 fully saturated rings. The third-order valence-electron chi connectivity index (χ3n) is 8.10. The standard InChI is InChI=1S/C34H18/c1-2-11-23-21(10-1)22-12-4-9-20-17-18-28-33-26-15-5-8-19-7-3-13-24(29(19)26)25-14-6-16-27(31(25)33)32(23)34(28)30(20)22/h1-18H. The monoisotopic (exact) mass is 426 g/mol. The maximum atomic E-state index is 2.37. The van der Waals surface area contributed by atoms with E-state index in [4.69, 9.17) is 0 Å². The Morgan fingerprint density at radius 1 is 0.206 bits per heavy atom. The summed E-state index contributed by atoms with van der Waals surface area (Å²) in [5, 5.41) is 21.8. The SMILES string of the molecule is c1ccc2c(c1)c1cccc3ccc4c5c6cccc7cccc(c8cccc(c85)c2c4c31)c76. The van der Waals surface area contributed by atoms with Crippen molar-refractivity contribution in [3.8, 4) is 0 Å². The number of fused-ring (bicyclic) bond motifs is 7. The van der Waals surface area contributed by atoms with Crippen LogP contribution in [0.1, 0.15) is 0 Å². The molecule has 9 aromatic rings.